The predicted octanol–water partition coefficient (Wildman–Crippen LogP) is 1.11. The lowest BCUT2D eigenvalue weighted by molar-refractivity contribution is 0.0832. The van der Waals surface area contributed by atoms with Crippen LogP contribution in [0.5, 0.6) is 0 Å². The summed E-state index contributed by atoms with van der Waals surface area (Å²) in [7, 11) is -3.26. The van der Waals surface area contributed by atoms with Crippen molar-refractivity contribution in [3.8, 4) is 0 Å². The van der Waals surface area contributed by atoms with Gasteiger partial charge in [-0.15, -0.1) is 0 Å². The Balaban J connectivity index is 1.82. The minimum atomic E-state index is -3.26. The van der Waals surface area contributed by atoms with E-state index in [0.29, 0.717) is 23.0 Å². The maximum absolute atomic E-state index is 12.3. The molecule has 1 saturated heterocycles. The third kappa shape index (κ3) is 5.21. The fourth-order valence-corrected chi connectivity index (χ4v) is 3.99. The van der Waals surface area contributed by atoms with Gasteiger partial charge in [-0.3, -0.25) is 9.80 Å². The van der Waals surface area contributed by atoms with Crippen LogP contribution in [0.3, 0.4) is 0 Å². The fourth-order valence-electron chi connectivity index (χ4n) is 2.58. The molecule has 2 rings (SSSR count). The first-order valence-corrected chi connectivity index (χ1v) is 9.51. The highest BCUT2D eigenvalue weighted by Gasteiger charge is 2.21. The second kappa shape index (κ2) is 7.75. The summed E-state index contributed by atoms with van der Waals surface area (Å²) in [5.74, 6) is 0.116. The summed E-state index contributed by atoms with van der Waals surface area (Å²) in [4.78, 5) is 4.69. The molecule has 1 unspecified atom stereocenters. The number of aliphatic hydroxyl groups excluding tert-OH is 1. The maximum Gasteiger partial charge on any atom is 0.179 e. The number of nitrogens with zero attached hydrogens (tertiary/aromatic N) is 2. The average molecular weight is 347 g/mol. The van der Waals surface area contributed by atoms with Gasteiger partial charge in [0, 0.05) is 44.3 Å². The molecule has 0 radical (unpaired) electrons. The first-order chi connectivity index (χ1) is 10.4. The molecule has 1 aliphatic heterocycles. The van der Waals surface area contributed by atoms with Gasteiger partial charge >= 0.3 is 0 Å². The molecule has 0 aromatic heterocycles. The molecule has 1 fully saturated rings. The third-order valence-electron chi connectivity index (χ3n) is 3.84. The van der Waals surface area contributed by atoms with Crippen LogP contribution in [0, 0.1) is 0 Å². The second-order valence-corrected chi connectivity index (χ2v) is 8.31. The molecule has 0 saturated carbocycles. The molecule has 0 spiro atoms. The second-order valence-electron chi connectivity index (χ2n) is 5.76. The van der Waals surface area contributed by atoms with Crippen molar-refractivity contribution in [2.24, 2.45) is 0 Å². The molecule has 0 bridgehead atoms. The predicted molar refractivity (Wildman–Crippen MR) is 88.1 cm³/mol. The zero-order valence-electron chi connectivity index (χ0n) is 12.8. The lowest BCUT2D eigenvalue weighted by Gasteiger charge is -2.35. The number of hydrogen-bond donors (Lipinski definition) is 1. The van der Waals surface area contributed by atoms with E-state index in [2.05, 4.69) is 9.80 Å². The Labute approximate surface area is 137 Å². The average Bonchev–Trinajstić information content (AvgIpc) is 2.46. The van der Waals surface area contributed by atoms with Gasteiger partial charge in [-0.25, -0.2) is 8.42 Å². The van der Waals surface area contributed by atoms with Gasteiger partial charge in [0.15, 0.2) is 9.84 Å². The van der Waals surface area contributed by atoms with E-state index in [-0.39, 0.29) is 11.9 Å². The topological polar surface area (TPSA) is 60.9 Å². The molecule has 1 aromatic carbocycles. The molecule has 0 aliphatic carbocycles. The number of sulfone groups is 1. The van der Waals surface area contributed by atoms with Gasteiger partial charge in [-0.2, -0.15) is 0 Å². The first kappa shape index (κ1) is 17.7. The van der Waals surface area contributed by atoms with E-state index in [4.69, 9.17) is 11.6 Å². The standard InChI is InChI=1S/C15H23ClN2O3S/c1-13(19)12-18-8-6-17(7-9-18)10-11-22(20,21)15-4-2-14(16)3-5-15/h2-5,13,19H,6-12H2,1H3. The number of aliphatic hydroxyl groups is 1. The van der Waals surface area contributed by atoms with Gasteiger partial charge in [0.25, 0.3) is 0 Å². The van der Waals surface area contributed by atoms with E-state index in [1.165, 1.54) is 0 Å². The van der Waals surface area contributed by atoms with E-state index in [1.807, 2.05) is 0 Å². The lowest BCUT2D eigenvalue weighted by Crippen LogP contribution is -2.49. The molecule has 124 valence electrons. The van der Waals surface area contributed by atoms with Gasteiger partial charge < -0.3 is 5.11 Å². The van der Waals surface area contributed by atoms with Crippen molar-refractivity contribution in [2.45, 2.75) is 17.9 Å². The van der Waals surface area contributed by atoms with Crippen LogP contribution in [0.25, 0.3) is 0 Å². The third-order valence-corrected chi connectivity index (χ3v) is 5.80. The highest BCUT2D eigenvalue weighted by atomic mass is 35.5. The summed E-state index contributed by atoms with van der Waals surface area (Å²) >= 11 is 5.78. The Morgan fingerprint density at radius 3 is 2.23 bits per heavy atom. The normalized spacial score (nSPS) is 19.2. The molecule has 22 heavy (non-hydrogen) atoms. The maximum atomic E-state index is 12.3. The molecule has 0 amide bonds. The van der Waals surface area contributed by atoms with Crippen LogP contribution in [0.4, 0.5) is 0 Å². The number of hydrogen-bond acceptors (Lipinski definition) is 5. The molecule has 1 aliphatic rings. The van der Waals surface area contributed by atoms with Gasteiger partial charge in [0.05, 0.1) is 16.8 Å². The zero-order valence-corrected chi connectivity index (χ0v) is 14.4. The fraction of sp³-hybridized carbons (Fsp3) is 0.600. The summed E-state index contributed by atoms with van der Waals surface area (Å²) < 4.78 is 24.6. The Morgan fingerprint density at radius 1 is 1.14 bits per heavy atom. The highest BCUT2D eigenvalue weighted by Crippen LogP contribution is 2.15. The number of β-amino-alcohol motifs (C(OH)–C–C–N with tert-alkyl or cyclic N) is 1. The summed E-state index contributed by atoms with van der Waals surface area (Å²) in [5, 5.41) is 9.92. The van der Waals surface area contributed by atoms with Crippen LogP contribution in [0.1, 0.15) is 6.92 Å². The molecule has 1 aromatic rings. The number of benzene rings is 1. The van der Waals surface area contributed by atoms with Gasteiger partial charge in [-0.1, -0.05) is 11.6 Å². The molecule has 1 heterocycles. The molecular formula is C15H23ClN2O3S. The van der Waals surface area contributed by atoms with Crippen LogP contribution in [-0.2, 0) is 9.84 Å². The monoisotopic (exact) mass is 346 g/mol. The van der Waals surface area contributed by atoms with E-state index in [1.54, 1.807) is 31.2 Å². The molecule has 1 N–H and O–H groups in total. The van der Waals surface area contributed by atoms with E-state index >= 15 is 0 Å². The van der Waals surface area contributed by atoms with E-state index in [9.17, 15) is 13.5 Å². The molecule has 1 atom stereocenters. The summed E-state index contributed by atoms with van der Waals surface area (Å²) in [6.07, 6.45) is -0.322. The van der Waals surface area contributed by atoms with Crippen LogP contribution >= 0.6 is 11.6 Å². The summed E-state index contributed by atoms with van der Waals surface area (Å²) in [6, 6.07) is 6.31. The SMILES string of the molecule is CC(O)CN1CCN(CCS(=O)(=O)c2ccc(Cl)cc2)CC1. The molecular weight excluding hydrogens is 324 g/mol. The van der Waals surface area contributed by atoms with Crippen molar-refractivity contribution in [3.05, 3.63) is 29.3 Å². The van der Waals surface area contributed by atoms with Crippen LogP contribution in [0.15, 0.2) is 29.2 Å². The van der Waals surface area contributed by atoms with Gasteiger partial charge in [0.1, 0.15) is 0 Å². The van der Waals surface area contributed by atoms with Crippen molar-refractivity contribution in [2.75, 3.05) is 45.0 Å². The molecule has 7 heteroatoms. The van der Waals surface area contributed by atoms with Crippen molar-refractivity contribution in [1.82, 2.24) is 9.80 Å². The summed E-state index contributed by atoms with van der Waals surface area (Å²) in [6.45, 7) is 6.40. The van der Waals surface area contributed by atoms with Gasteiger partial charge in [-0.05, 0) is 31.2 Å². The van der Waals surface area contributed by atoms with Crippen LogP contribution in [-0.4, -0.2) is 74.4 Å². The number of rotatable bonds is 6. The quantitative estimate of drug-likeness (QED) is 0.836. The largest absolute Gasteiger partial charge is 0.392 e. The van der Waals surface area contributed by atoms with Crippen LogP contribution < -0.4 is 0 Å². The van der Waals surface area contributed by atoms with E-state index in [0.717, 1.165) is 26.2 Å². The minimum absolute atomic E-state index is 0.116. The summed E-state index contributed by atoms with van der Waals surface area (Å²) in [5.41, 5.74) is 0. The Kier molecular flexibility index (Phi) is 6.23. The first-order valence-electron chi connectivity index (χ1n) is 7.48. The van der Waals surface area contributed by atoms with Crippen LogP contribution in [0.2, 0.25) is 5.02 Å². The number of halogens is 1. The molecule has 5 nitrogen and oxygen atoms in total. The number of piperazine rings is 1. The van der Waals surface area contributed by atoms with Crippen molar-refractivity contribution < 1.29 is 13.5 Å². The van der Waals surface area contributed by atoms with E-state index < -0.39 is 9.84 Å². The minimum Gasteiger partial charge on any atom is -0.392 e. The Bertz CT molecular complexity index is 567. The highest BCUT2D eigenvalue weighted by molar-refractivity contribution is 7.91. The van der Waals surface area contributed by atoms with Crippen molar-refractivity contribution >= 4 is 21.4 Å². The Hall–Kier alpha value is -0.660. The van der Waals surface area contributed by atoms with Crippen molar-refractivity contribution in [1.29, 1.82) is 0 Å². The van der Waals surface area contributed by atoms with Gasteiger partial charge in [0.2, 0.25) is 0 Å². The smallest absolute Gasteiger partial charge is 0.179 e. The van der Waals surface area contributed by atoms with Crippen molar-refractivity contribution in [3.63, 3.8) is 0 Å². The Morgan fingerprint density at radius 2 is 1.68 bits per heavy atom. The lowest BCUT2D eigenvalue weighted by atomic mass is 10.3. The zero-order chi connectivity index (χ0) is 16.2.